The number of aliphatic hydroxyl groups is 1. The highest BCUT2D eigenvalue weighted by Gasteiger charge is 2.35. The van der Waals surface area contributed by atoms with E-state index in [4.69, 9.17) is 14.2 Å². The Morgan fingerprint density at radius 1 is 1.19 bits per heavy atom. The third-order valence-electron chi connectivity index (χ3n) is 7.47. The standard InChI is InChI=1S/C31H39FN6O8S/c1-16(2)34-27(41)31(6,7)37-25(40)23-17(3)26(47-24(23)35-29(37)43)38-33-12-19(36-38)14-45-28(42)30(4,5)15-46-22(13-39)20-11-18(32)9-10-21(20)44-8/h9-12,16,22,39H,13-15H2,1-8H3,(H,34,41)(H,35,43)/t22-/m0/s1. The predicted molar refractivity (Wildman–Crippen MR) is 171 cm³/mol. The monoisotopic (exact) mass is 674 g/mol. The van der Waals surface area contributed by atoms with Gasteiger partial charge in [0.2, 0.25) is 5.91 Å². The van der Waals surface area contributed by atoms with Gasteiger partial charge in [0.05, 0.1) is 37.3 Å². The maximum Gasteiger partial charge on any atom is 0.330 e. The van der Waals surface area contributed by atoms with E-state index >= 15 is 0 Å². The van der Waals surface area contributed by atoms with Crippen LogP contribution in [0.15, 0.2) is 34.0 Å². The minimum absolute atomic E-state index is 0.157. The second kappa shape index (κ2) is 13.8. The predicted octanol–water partition coefficient (Wildman–Crippen LogP) is 2.87. The molecule has 47 heavy (non-hydrogen) atoms. The van der Waals surface area contributed by atoms with Gasteiger partial charge in [0.15, 0.2) is 0 Å². The fraction of sp³-hybridized carbons (Fsp3) is 0.484. The number of H-pyrrole nitrogens is 1. The third-order valence-corrected chi connectivity index (χ3v) is 8.64. The Kier molecular flexibility index (Phi) is 10.4. The first-order valence-electron chi connectivity index (χ1n) is 14.8. The molecule has 4 rings (SSSR count). The molecule has 0 saturated heterocycles. The van der Waals surface area contributed by atoms with Crippen molar-refractivity contribution in [2.24, 2.45) is 5.41 Å². The number of ether oxygens (including phenoxy) is 3. The number of hydrogen-bond acceptors (Lipinski definition) is 11. The molecule has 3 heterocycles. The number of halogens is 1. The van der Waals surface area contributed by atoms with Crippen LogP contribution in [-0.4, -0.2) is 67.9 Å². The van der Waals surface area contributed by atoms with Crippen LogP contribution < -0.4 is 21.3 Å². The van der Waals surface area contributed by atoms with Gasteiger partial charge in [0, 0.05) is 17.2 Å². The molecular formula is C31H39FN6O8S. The molecule has 0 bridgehead atoms. The minimum Gasteiger partial charge on any atom is -0.496 e. The summed E-state index contributed by atoms with van der Waals surface area (Å²) in [6.45, 7) is 10.6. The van der Waals surface area contributed by atoms with E-state index in [-0.39, 0.29) is 24.6 Å². The van der Waals surface area contributed by atoms with Crippen LogP contribution in [0.25, 0.3) is 15.2 Å². The fourth-order valence-electron chi connectivity index (χ4n) is 4.80. The van der Waals surface area contributed by atoms with E-state index in [1.54, 1.807) is 34.6 Å². The summed E-state index contributed by atoms with van der Waals surface area (Å²) in [5.74, 6) is -1.29. The van der Waals surface area contributed by atoms with Crippen molar-refractivity contribution in [1.29, 1.82) is 0 Å². The van der Waals surface area contributed by atoms with Crippen LogP contribution in [0.5, 0.6) is 5.75 Å². The molecule has 3 aromatic heterocycles. The number of nitrogens with zero attached hydrogens (tertiary/aromatic N) is 4. The summed E-state index contributed by atoms with van der Waals surface area (Å²) in [5, 5.41) is 21.9. The van der Waals surface area contributed by atoms with Gasteiger partial charge in [-0.3, -0.25) is 19.4 Å². The van der Waals surface area contributed by atoms with Gasteiger partial charge in [-0.25, -0.2) is 13.8 Å². The van der Waals surface area contributed by atoms with Crippen molar-refractivity contribution < 1.29 is 33.3 Å². The van der Waals surface area contributed by atoms with E-state index in [0.717, 1.165) is 15.9 Å². The van der Waals surface area contributed by atoms with E-state index in [2.05, 4.69) is 20.5 Å². The molecule has 1 amide bonds. The normalized spacial score (nSPS) is 12.8. The highest BCUT2D eigenvalue weighted by atomic mass is 32.1. The zero-order valence-corrected chi connectivity index (χ0v) is 28.3. The van der Waals surface area contributed by atoms with E-state index in [1.165, 1.54) is 50.1 Å². The van der Waals surface area contributed by atoms with Crippen LogP contribution in [0.2, 0.25) is 0 Å². The maximum atomic E-state index is 13.9. The molecule has 0 aliphatic carbocycles. The molecule has 254 valence electrons. The number of aryl methyl sites for hydroxylation is 1. The lowest BCUT2D eigenvalue weighted by Gasteiger charge is -2.26. The molecule has 0 aliphatic heterocycles. The number of amides is 1. The molecule has 1 atom stereocenters. The van der Waals surface area contributed by atoms with Crippen molar-refractivity contribution in [2.45, 2.75) is 72.8 Å². The zero-order valence-electron chi connectivity index (χ0n) is 27.5. The van der Waals surface area contributed by atoms with E-state index in [1.807, 2.05) is 0 Å². The highest BCUT2D eigenvalue weighted by Crippen LogP contribution is 2.31. The summed E-state index contributed by atoms with van der Waals surface area (Å²) < 4.78 is 31.3. The number of esters is 1. The van der Waals surface area contributed by atoms with Crippen molar-refractivity contribution in [3.05, 3.63) is 67.9 Å². The van der Waals surface area contributed by atoms with Gasteiger partial charge in [-0.1, -0.05) is 11.3 Å². The highest BCUT2D eigenvalue weighted by molar-refractivity contribution is 7.21. The Labute approximate surface area is 273 Å². The van der Waals surface area contributed by atoms with Gasteiger partial charge < -0.3 is 24.6 Å². The number of aromatic nitrogens is 5. The van der Waals surface area contributed by atoms with E-state index in [0.29, 0.717) is 32.4 Å². The molecule has 0 radical (unpaired) electrons. The number of hydrogen-bond donors (Lipinski definition) is 3. The van der Waals surface area contributed by atoms with Gasteiger partial charge in [-0.05, 0) is 66.7 Å². The lowest BCUT2D eigenvalue weighted by Crippen LogP contribution is -2.55. The van der Waals surface area contributed by atoms with Crippen LogP contribution in [0.1, 0.15) is 64.5 Å². The van der Waals surface area contributed by atoms with Crippen LogP contribution in [0.3, 0.4) is 0 Å². The summed E-state index contributed by atoms with van der Waals surface area (Å²) in [6.07, 6.45) is 0.457. The molecule has 3 N–H and O–H groups in total. The summed E-state index contributed by atoms with van der Waals surface area (Å²) >= 11 is 1.09. The molecular weight excluding hydrogens is 635 g/mol. The minimum atomic E-state index is -1.47. The van der Waals surface area contributed by atoms with Gasteiger partial charge in [0.1, 0.15) is 45.3 Å². The number of carbonyl (C=O) groups excluding carboxylic acids is 2. The first kappa shape index (κ1) is 35.4. The van der Waals surface area contributed by atoms with E-state index in [9.17, 15) is 28.7 Å². The van der Waals surface area contributed by atoms with Gasteiger partial charge in [0.25, 0.3) is 5.56 Å². The Balaban J connectivity index is 1.49. The molecule has 1 aromatic carbocycles. The molecule has 0 unspecified atom stereocenters. The number of rotatable bonds is 13. The lowest BCUT2D eigenvalue weighted by molar-refractivity contribution is -0.161. The quantitative estimate of drug-likeness (QED) is 0.179. The number of aliphatic hydroxyl groups excluding tert-OH is 1. The Hall–Kier alpha value is -4.41. The molecule has 16 heteroatoms. The zero-order chi connectivity index (χ0) is 34.8. The van der Waals surface area contributed by atoms with E-state index < -0.39 is 52.6 Å². The number of aromatic amines is 1. The Morgan fingerprint density at radius 2 is 1.89 bits per heavy atom. The SMILES string of the molecule is COc1ccc(F)cc1[C@H](CO)OCC(C)(C)C(=O)OCc1cnn(-c2sc3[nH]c(=O)n(C(C)(C)C(=O)NC(C)C)c(=O)c3c2C)n1. The second-order valence-corrected chi connectivity index (χ2v) is 13.4. The van der Waals surface area contributed by atoms with Crippen LogP contribution in [0, 0.1) is 18.2 Å². The van der Waals surface area contributed by atoms with Crippen molar-refractivity contribution in [3.8, 4) is 10.8 Å². The van der Waals surface area contributed by atoms with Crippen LogP contribution in [0.4, 0.5) is 4.39 Å². The van der Waals surface area contributed by atoms with Crippen molar-refractivity contribution >= 4 is 33.4 Å². The number of benzene rings is 1. The molecule has 0 saturated carbocycles. The Morgan fingerprint density at radius 3 is 2.53 bits per heavy atom. The van der Waals surface area contributed by atoms with Gasteiger partial charge >= 0.3 is 11.7 Å². The van der Waals surface area contributed by atoms with Crippen molar-refractivity contribution in [3.63, 3.8) is 0 Å². The Bertz CT molecular complexity index is 1910. The van der Waals surface area contributed by atoms with Crippen LogP contribution in [-0.2, 0) is 31.2 Å². The molecule has 0 fully saturated rings. The topological polar surface area (TPSA) is 180 Å². The number of methoxy groups -OCH3 is 1. The smallest absolute Gasteiger partial charge is 0.330 e. The summed E-state index contributed by atoms with van der Waals surface area (Å²) in [6, 6.07) is 3.66. The average Bonchev–Trinajstić information content (AvgIpc) is 3.59. The van der Waals surface area contributed by atoms with Crippen molar-refractivity contribution in [2.75, 3.05) is 20.3 Å². The number of carbonyl (C=O) groups is 2. The largest absolute Gasteiger partial charge is 0.496 e. The first-order valence-corrected chi connectivity index (χ1v) is 15.6. The number of thiophene rings is 1. The van der Waals surface area contributed by atoms with Crippen LogP contribution >= 0.6 is 11.3 Å². The van der Waals surface area contributed by atoms with Gasteiger partial charge in [-0.2, -0.15) is 5.10 Å². The summed E-state index contributed by atoms with van der Waals surface area (Å²) in [7, 11) is 1.42. The summed E-state index contributed by atoms with van der Waals surface area (Å²) in [4.78, 5) is 56.7. The number of fused-ring (bicyclic) bond motifs is 1. The second-order valence-electron chi connectivity index (χ2n) is 12.4. The molecule has 4 aromatic rings. The molecule has 14 nitrogen and oxygen atoms in total. The number of nitrogens with one attached hydrogen (secondary N) is 2. The first-order chi connectivity index (χ1) is 22.0. The van der Waals surface area contributed by atoms with Crippen molar-refractivity contribution in [1.82, 2.24) is 29.9 Å². The summed E-state index contributed by atoms with van der Waals surface area (Å²) in [5.41, 5.74) is -2.88. The lowest BCUT2D eigenvalue weighted by atomic mass is 9.95. The van der Waals surface area contributed by atoms with Gasteiger partial charge in [-0.15, -0.1) is 9.90 Å². The molecule has 0 spiro atoms. The molecule has 0 aliphatic rings. The fourth-order valence-corrected chi connectivity index (χ4v) is 5.90. The third kappa shape index (κ3) is 7.29. The average molecular weight is 675 g/mol. The maximum absolute atomic E-state index is 13.9.